The molecule has 0 spiro atoms. The quantitative estimate of drug-likeness (QED) is 0.143. The number of likely N-dealkylation sites (N-methyl/N-ethyl adjacent to an activating group) is 1. The number of halogens is 1. The minimum Gasteiger partial charge on any atom is -0.488 e. The summed E-state index contributed by atoms with van der Waals surface area (Å²) in [6.07, 6.45) is 9.91. The van der Waals surface area contributed by atoms with Gasteiger partial charge in [-0.15, -0.1) is 0 Å². The van der Waals surface area contributed by atoms with E-state index in [2.05, 4.69) is 15.2 Å². The number of oxime groups is 1. The predicted molar refractivity (Wildman–Crippen MR) is 125 cm³/mol. The van der Waals surface area contributed by atoms with Crippen molar-refractivity contribution in [2.24, 2.45) is 17.0 Å². The van der Waals surface area contributed by atoms with Crippen molar-refractivity contribution in [2.45, 2.75) is 50.7 Å². The van der Waals surface area contributed by atoms with Crippen molar-refractivity contribution in [1.82, 2.24) is 5.32 Å². The molecule has 8 heteroatoms. The Morgan fingerprint density at radius 1 is 1.36 bits per heavy atom. The van der Waals surface area contributed by atoms with Gasteiger partial charge in [-0.05, 0) is 45.4 Å². The fourth-order valence-electron chi connectivity index (χ4n) is 3.80. The van der Waals surface area contributed by atoms with Crippen LogP contribution in [0.25, 0.3) is 0 Å². The van der Waals surface area contributed by atoms with E-state index in [4.69, 9.17) is 4.74 Å². The Morgan fingerprint density at radius 2 is 2.12 bits per heavy atom. The maximum atomic E-state index is 13.9. The van der Waals surface area contributed by atoms with E-state index in [9.17, 15) is 19.5 Å². The Morgan fingerprint density at radius 3 is 2.79 bits per heavy atom. The minimum absolute atomic E-state index is 0.141. The van der Waals surface area contributed by atoms with Crippen LogP contribution in [-0.2, 0) is 9.53 Å². The van der Waals surface area contributed by atoms with E-state index in [-0.39, 0.29) is 30.2 Å². The summed E-state index contributed by atoms with van der Waals surface area (Å²) in [5, 5.41) is 26.6. The molecule has 1 aromatic rings. The fraction of sp³-hybridized carbons (Fsp3) is 0.520. The molecule has 1 saturated carbocycles. The average Bonchev–Trinajstić information content (AvgIpc) is 3.13. The fourth-order valence-corrected chi connectivity index (χ4v) is 3.80. The number of hydrogen-bond donors (Lipinski definition) is 3. The molecule has 1 unspecified atom stereocenters. The Labute approximate surface area is 195 Å². The third kappa shape index (κ3) is 7.98. The number of aliphatic hydroxyl groups excluding tert-OH is 1. The number of esters is 1. The number of unbranched alkanes of at least 4 members (excludes halogenated alkanes) is 1. The average molecular weight is 463 g/mol. The molecule has 1 fully saturated rings. The zero-order chi connectivity index (χ0) is 24.3. The van der Waals surface area contributed by atoms with E-state index < -0.39 is 17.5 Å². The maximum absolute atomic E-state index is 13.9. The second-order valence-corrected chi connectivity index (χ2v) is 8.47. The SMILES string of the molecule is CNC(C)(/C=C/[C@H]1/C(=N\O)C[C@H](O)[C@@H]1C/C=C\CCCC(=O)OC)COc1ccccc1F. The number of nitrogens with zero attached hydrogens (tertiary/aromatic N) is 1. The van der Waals surface area contributed by atoms with E-state index in [1.54, 1.807) is 25.2 Å². The van der Waals surface area contributed by atoms with Crippen LogP contribution in [-0.4, -0.2) is 54.4 Å². The van der Waals surface area contributed by atoms with Gasteiger partial charge in [-0.1, -0.05) is 41.6 Å². The topological polar surface area (TPSA) is 100 Å². The van der Waals surface area contributed by atoms with E-state index in [0.717, 1.165) is 6.42 Å². The third-order valence-corrected chi connectivity index (χ3v) is 6.05. The monoisotopic (exact) mass is 462 g/mol. The number of benzene rings is 1. The van der Waals surface area contributed by atoms with Gasteiger partial charge in [0.2, 0.25) is 0 Å². The molecular formula is C25H35FN2O5. The number of rotatable bonds is 12. The van der Waals surface area contributed by atoms with Crippen LogP contribution in [0.3, 0.4) is 0 Å². The molecule has 0 aromatic heterocycles. The number of allylic oxidation sites excluding steroid dienone is 3. The highest BCUT2D eigenvalue weighted by Crippen LogP contribution is 2.34. The summed E-state index contributed by atoms with van der Waals surface area (Å²) >= 11 is 0. The molecule has 3 N–H and O–H groups in total. The normalized spacial score (nSPS) is 23.9. The van der Waals surface area contributed by atoms with Gasteiger partial charge in [-0.2, -0.15) is 0 Å². The van der Waals surface area contributed by atoms with Crippen LogP contribution in [0.15, 0.2) is 53.7 Å². The third-order valence-electron chi connectivity index (χ3n) is 6.05. The Bertz CT molecular complexity index is 857. The van der Waals surface area contributed by atoms with Crippen molar-refractivity contribution in [3.05, 3.63) is 54.4 Å². The lowest BCUT2D eigenvalue weighted by molar-refractivity contribution is -0.140. The number of para-hydroxylation sites is 1. The zero-order valence-corrected chi connectivity index (χ0v) is 19.5. The van der Waals surface area contributed by atoms with Crippen molar-refractivity contribution in [3.63, 3.8) is 0 Å². The lowest BCUT2D eigenvalue weighted by atomic mass is 9.88. The molecule has 0 aliphatic heterocycles. The summed E-state index contributed by atoms with van der Waals surface area (Å²) in [5.74, 6) is -0.859. The molecule has 0 radical (unpaired) electrons. The highest BCUT2D eigenvalue weighted by molar-refractivity contribution is 5.90. The second-order valence-electron chi connectivity index (χ2n) is 8.47. The van der Waals surface area contributed by atoms with Crippen LogP contribution in [0.5, 0.6) is 5.75 Å². The molecule has 1 aliphatic carbocycles. The number of ether oxygens (including phenoxy) is 2. The van der Waals surface area contributed by atoms with Crippen molar-refractivity contribution in [1.29, 1.82) is 0 Å². The molecule has 0 heterocycles. The molecule has 33 heavy (non-hydrogen) atoms. The first-order valence-electron chi connectivity index (χ1n) is 11.2. The summed E-state index contributed by atoms with van der Waals surface area (Å²) in [6.45, 7) is 2.11. The molecule has 7 nitrogen and oxygen atoms in total. The molecule has 0 bridgehead atoms. The Hall–Kier alpha value is -2.71. The summed E-state index contributed by atoms with van der Waals surface area (Å²) < 4.78 is 24.2. The van der Waals surface area contributed by atoms with Crippen LogP contribution in [0.1, 0.15) is 39.0 Å². The first-order chi connectivity index (χ1) is 15.8. The van der Waals surface area contributed by atoms with Gasteiger partial charge in [-0.25, -0.2) is 4.39 Å². The van der Waals surface area contributed by atoms with Gasteiger partial charge in [0.15, 0.2) is 11.6 Å². The summed E-state index contributed by atoms with van der Waals surface area (Å²) in [4.78, 5) is 11.2. The van der Waals surface area contributed by atoms with Crippen LogP contribution >= 0.6 is 0 Å². The second kappa shape index (κ2) is 13.1. The Kier molecular flexibility index (Phi) is 10.5. The van der Waals surface area contributed by atoms with E-state index in [1.807, 2.05) is 31.2 Å². The van der Waals surface area contributed by atoms with Gasteiger partial charge in [0.05, 0.1) is 24.5 Å². The highest BCUT2D eigenvalue weighted by Gasteiger charge is 2.38. The van der Waals surface area contributed by atoms with Gasteiger partial charge in [-0.3, -0.25) is 4.79 Å². The number of carbonyl (C=O) groups is 1. The standard InChI is InChI=1S/C25H35FN2O5/c1-25(27-2,17-33-23-12-9-8-11-20(23)26)15-14-18-19(22(29)16-21(18)28-31)10-6-4-5-7-13-24(30)32-3/h4,6,8-9,11-12,14-15,18-19,22,27,29,31H,5,7,10,13,16-17H2,1-3H3/b6-4-,15-14+,28-21-/t18-,19-,22+,25?/m1/s1. The first kappa shape index (κ1) is 26.5. The van der Waals surface area contributed by atoms with Crippen LogP contribution in [0.2, 0.25) is 0 Å². The molecule has 1 aromatic carbocycles. The number of hydrogen-bond acceptors (Lipinski definition) is 7. The van der Waals surface area contributed by atoms with Gasteiger partial charge in [0, 0.05) is 24.7 Å². The van der Waals surface area contributed by atoms with Crippen LogP contribution < -0.4 is 10.1 Å². The maximum Gasteiger partial charge on any atom is 0.305 e. The number of aliphatic hydroxyl groups is 1. The van der Waals surface area contributed by atoms with Crippen molar-refractivity contribution >= 4 is 11.7 Å². The molecule has 0 saturated heterocycles. The Balaban J connectivity index is 2.02. The van der Waals surface area contributed by atoms with E-state index >= 15 is 0 Å². The van der Waals surface area contributed by atoms with E-state index in [0.29, 0.717) is 31.4 Å². The highest BCUT2D eigenvalue weighted by atomic mass is 19.1. The lowest BCUT2D eigenvalue weighted by Crippen LogP contribution is -2.43. The summed E-state index contributed by atoms with van der Waals surface area (Å²) in [6, 6.07) is 6.24. The van der Waals surface area contributed by atoms with E-state index in [1.165, 1.54) is 13.2 Å². The van der Waals surface area contributed by atoms with Crippen LogP contribution in [0.4, 0.5) is 4.39 Å². The molecule has 4 atom stereocenters. The van der Waals surface area contributed by atoms with Crippen molar-refractivity contribution in [3.8, 4) is 5.75 Å². The van der Waals surface area contributed by atoms with Gasteiger partial charge in [0.25, 0.3) is 0 Å². The number of methoxy groups -OCH3 is 1. The van der Waals surface area contributed by atoms with Crippen molar-refractivity contribution in [2.75, 3.05) is 20.8 Å². The van der Waals surface area contributed by atoms with Gasteiger partial charge in [0.1, 0.15) is 6.61 Å². The number of carbonyl (C=O) groups excluding carboxylic acids is 1. The molecular weight excluding hydrogens is 427 g/mol. The summed E-state index contributed by atoms with van der Waals surface area (Å²) in [5.41, 5.74) is -0.0821. The molecule has 2 rings (SSSR count). The molecule has 182 valence electrons. The minimum atomic E-state index is -0.624. The first-order valence-corrected chi connectivity index (χ1v) is 11.2. The van der Waals surface area contributed by atoms with Crippen molar-refractivity contribution < 1.29 is 29.0 Å². The predicted octanol–water partition coefficient (Wildman–Crippen LogP) is 3.86. The smallest absolute Gasteiger partial charge is 0.305 e. The molecule has 1 aliphatic rings. The van der Waals surface area contributed by atoms with Crippen LogP contribution in [0, 0.1) is 17.7 Å². The molecule has 0 amide bonds. The summed E-state index contributed by atoms with van der Waals surface area (Å²) in [7, 11) is 3.16. The number of nitrogens with one attached hydrogen (secondary N) is 1. The van der Waals surface area contributed by atoms with Gasteiger partial charge >= 0.3 is 5.97 Å². The lowest BCUT2D eigenvalue weighted by Gasteiger charge is -2.27. The van der Waals surface area contributed by atoms with Gasteiger partial charge < -0.3 is 25.1 Å². The largest absolute Gasteiger partial charge is 0.488 e. The zero-order valence-electron chi connectivity index (χ0n) is 19.5.